The number of aliphatic hydroxyl groups is 1. The van der Waals surface area contributed by atoms with Crippen molar-refractivity contribution in [1.29, 1.82) is 0 Å². The van der Waals surface area contributed by atoms with Crippen LogP contribution in [0, 0.1) is 13.8 Å². The minimum absolute atomic E-state index is 0.0646. The number of benzene rings is 2. The van der Waals surface area contributed by atoms with Crippen LogP contribution < -0.4 is 0 Å². The summed E-state index contributed by atoms with van der Waals surface area (Å²) in [4.78, 5) is 2.44. The Labute approximate surface area is 120 Å². The molecule has 0 amide bonds. The molecule has 0 unspecified atom stereocenters. The number of rotatable bonds is 3. The van der Waals surface area contributed by atoms with Gasteiger partial charge in [-0.3, -0.25) is 0 Å². The molecule has 18 heavy (non-hydrogen) atoms. The van der Waals surface area contributed by atoms with Crippen LogP contribution in [0.2, 0.25) is 0 Å². The molecule has 0 saturated heterocycles. The summed E-state index contributed by atoms with van der Waals surface area (Å²) in [7, 11) is 0. The van der Waals surface area contributed by atoms with Gasteiger partial charge in [-0.2, -0.15) is 0 Å². The van der Waals surface area contributed by atoms with Gasteiger partial charge < -0.3 is 5.11 Å². The maximum Gasteiger partial charge on any atom is 0.0692 e. The highest BCUT2D eigenvalue weighted by Crippen LogP contribution is 2.33. The topological polar surface area (TPSA) is 20.2 Å². The van der Waals surface area contributed by atoms with Gasteiger partial charge in [-0.05, 0) is 43.2 Å². The largest absolute Gasteiger partial charge is 0.392 e. The Balaban J connectivity index is 2.26. The predicted molar refractivity (Wildman–Crippen MR) is 80.1 cm³/mol. The number of hydrogen-bond acceptors (Lipinski definition) is 2. The van der Waals surface area contributed by atoms with E-state index in [9.17, 15) is 0 Å². The van der Waals surface area contributed by atoms with Crippen LogP contribution in [0.5, 0.6) is 0 Å². The van der Waals surface area contributed by atoms with Gasteiger partial charge in [0.05, 0.1) is 6.61 Å². The molecule has 0 aliphatic carbocycles. The van der Waals surface area contributed by atoms with Gasteiger partial charge in [0.2, 0.25) is 0 Å². The highest BCUT2D eigenvalue weighted by atomic mass is 79.9. The van der Waals surface area contributed by atoms with Crippen LogP contribution in [0.15, 0.2) is 50.7 Å². The average Bonchev–Trinajstić information content (AvgIpc) is 2.33. The molecule has 0 aliphatic heterocycles. The molecule has 0 radical (unpaired) electrons. The van der Waals surface area contributed by atoms with Crippen molar-refractivity contribution < 1.29 is 5.11 Å². The number of halogens is 1. The third-order valence-electron chi connectivity index (χ3n) is 2.75. The van der Waals surface area contributed by atoms with E-state index in [1.165, 1.54) is 20.9 Å². The zero-order chi connectivity index (χ0) is 13.1. The van der Waals surface area contributed by atoms with E-state index in [-0.39, 0.29) is 6.61 Å². The molecule has 2 aromatic carbocycles. The highest BCUT2D eigenvalue weighted by molar-refractivity contribution is 9.10. The SMILES string of the molecule is Cc1ccc(Sc2ccc(CO)c(Br)c2)c(C)c1. The van der Waals surface area contributed by atoms with Crippen molar-refractivity contribution in [3.63, 3.8) is 0 Å². The maximum absolute atomic E-state index is 9.14. The lowest BCUT2D eigenvalue weighted by atomic mass is 10.2. The fourth-order valence-corrected chi connectivity index (χ4v) is 3.34. The molecule has 0 saturated carbocycles. The van der Waals surface area contributed by atoms with Gasteiger partial charge in [0.1, 0.15) is 0 Å². The molecular formula is C15H15BrOS. The monoisotopic (exact) mass is 322 g/mol. The molecule has 0 heterocycles. The zero-order valence-corrected chi connectivity index (χ0v) is 12.8. The van der Waals surface area contributed by atoms with Crippen molar-refractivity contribution in [2.75, 3.05) is 0 Å². The van der Waals surface area contributed by atoms with Crippen LogP contribution in [-0.4, -0.2) is 5.11 Å². The second-order valence-corrected chi connectivity index (χ2v) is 6.25. The quantitative estimate of drug-likeness (QED) is 0.883. The molecule has 94 valence electrons. The molecule has 1 N–H and O–H groups in total. The van der Waals surface area contributed by atoms with Gasteiger partial charge in [-0.25, -0.2) is 0 Å². The summed E-state index contributed by atoms with van der Waals surface area (Å²) >= 11 is 5.22. The van der Waals surface area contributed by atoms with E-state index >= 15 is 0 Å². The average molecular weight is 323 g/mol. The zero-order valence-electron chi connectivity index (χ0n) is 10.4. The molecule has 0 spiro atoms. The Morgan fingerprint density at radius 1 is 1.11 bits per heavy atom. The smallest absolute Gasteiger partial charge is 0.0692 e. The molecule has 1 nitrogen and oxygen atoms in total. The van der Waals surface area contributed by atoms with E-state index in [0.717, 1.165) is 10.0 Å². The Morgan fingerprint density at radius 3 is 2.50 bits per heavy atom. The summed E-state index contributed by atoms with van der Waals surface area (Å²) in [5.41, 5.74) is 3.50. The molecule has 0 atom stereocenters. The minimum Gasteiger partial charge on any atom is -0.392 e. The molecule has 0 aliphatic rings. The molecular weight excluding hydrogens is 308 g/mol. The normalized spacial score (nSPS) is 10.7. The third kappa shape index (κ3) is 3.16. The summed E-state index contributed by atoms with van der Waals surface area (Å²) in [5, 5.41) is 9.14. The van der Waals surface area contributed by atoms with Crippen molar-refractivity contribution in [1.82, 2.24) is 0 Å². The van der Waals surface area contributed by atoms with E-state index in [2.05, 4.69) is 54.0 Å². The first-order valence-corrected chi connectivity index (χ1v) is 7.35. The third-order valence-corrected chi connectivity index (χ3v) is 4.66. The van der Waals surface area contributed by atoms with Gasteiger partial charge in [0, 0.05) is 14.3 Å². The lowest BCUT2D eigenvalue weighted by molar-refractivity contribution is 0.281. The van der Waals surface area contributed by atoms with Crippen LogP contribution in [0.3, 0.4) is 0 Å². The van der Waals surface area contributed by atoms with Crippen molar-refractivity contribution in [2.45, 2.75) is 30.2 Å². The lowest BCUT2D eigenvalue weighted by Crippen LogP contribution is -1.86. The van der Waals surface area contributed by atoms with Crippen molar-refractivity contribution in [2.24, 2.45) is 0 Å². The maximum atomic E-state index is 9.14. The van der Waals surface area contributed by atoms with E-state index in [4.69, 9.17) is 5.11 Å². The van der Waals surface area contributed by atoms with Gasteiger partial charge in [-0.1, -0.05) is 51.5 Å². The van der Waals surface area contributed by atoms with E-state index < -0.39 is 0 Å². The summed E-state index contributed by atoms with van der Waals surface area (Å²) in [5.74, 6) is 0. The fourth-order valence-electron chi connectivity index (χ4n) is 1.76. The van der Waals surface area contributed by atoms with Crippen LogP contribution in [-0.2, 0) is 6.61 Å². The minimum atomic E-state index is 0.0646. The molecule has 0 fully saturated rings. The van der Waals surface area contributed by atoms with Crippen molar-refractivity contribution in [3.05, 3.63) is 57.6 Å². The molecule has 2 rings (SSSR count). The Morgan fingerprint density at radius 2 is 1.89 bits per heavy atom. The summed E-state index contributed by atoms with van der Waals surface area (Å²) in [6, 6.07) is 12.5. The van der Waals surface area contributed by atoms with Gasteiger partial charge in [0.25, 0.3) is 0 Å². The van der Waals surface area contributed by atoms with Crippen molar-refractivity contribution in [3.8, 4) is 0 Å². The first kappa shape index (κ1) is 13.7. The van der Waals surface area contributed by atoms with Gasteiger partial charge in [0.15, 0.2) is 0 Å². The van der Waals surface area contributed by atoms with Crippen LogP contribution in [0.4, 0.5) is 0 Å². The summed E-state index contributed by atoms with van der Waals surface area (Å²) in [6.45, 7) is 4.30. The standard InChI is InChI=1S/C15H15BrOS/c1-10-3-6-15(11(2)7-10)18-13-5-4-12(9-17)14(16)8-13/h3-8,17H,9H2,1-2H3. The number of aryl methyl sites for hydroxylation is 2. The first-order chi connectivity index (χ1) is 8.60. The first-order valence-electron chi connectivity index (χ1n) is 5.74. The van der Waals surface area contributed by atoms with Gasteiger partial charge >= 0.3 is 0 Å². The molecule has 0 aromatic heterocycles. The van der Waals surface area contributed by atoms with E-state index in [0.29, 0.717) is 0 Å². The van der Waals surface area contributed by atoms with E-state index in [1.807, 2.05) is 12.1 Å². The summed E-state index contributed by atoms with van der Waals surface area (Å²) < 4.78 is 0.958. The van der Waals surface area contributed by atoms with Crippen LogP contribution in [0.1, 0.15) is 16.7 Å². The van der Waals surface area contributed by atoms with Crippen molar-refractivity contribution >= 4 is 27.7 Å². The second kappa shape index (κ2) is 5.91. The highest BCUT2D eigenvalue weighted by Gasteiger charge is 2.04. The molecule has 3 heteroatoms. The predicted octanol–water partition coefficient (Wildman–Crippen LogP) is 4.71. The molecule has 0 bridgehead atoms. The van der Waals surface area contributed by atoms with Crippen LogP contribution in [0.25, 0.3) is 0 Å². The Bertz CT molecular complexity index is 566. The number of hydrogen-bond donors (Lipinski definition) is 1. The number of aliphatic hydroxyl groups excluding tert-OH is 1. The second-order valence-electron chi connectivity index (χ2n) is 4.28. The Kier molecular flexibility index (Phi) is 4.49. The van der Waals surface area contributed by atoms with Gasteiger partial charge in [-0.15, -0.1) is 0 Å². The fraction of sp³-hybridized carbons (Fsp3) is 0.200. The lowest BCUT2D eigenvalue weighted by Gasteiger charge is -2.08. The Hall–Kier alpha value is -0.770. The molecule has 2 aromatic rings. The van der Waals surface area contributed by atoms with E-state index in [1.54, 1.807) is 11.8 Å². The summed E-state index contributed by atoms with van der Waals surface area (Å²) in [6.07, 6.45) is 0. The van der Waals surface area contributed by atoms with Crippen LogP contribution >= 0.6 is 27.7 Å².